The molecule has 5 heteroatoms. The van der Waals surface area contributed by atoms with E-state index in [9.17, 15) is 5.11 Å². The summed E-state index contributed by atoms with van der Waals surface area (Å²) >= 11 is 0. The zero-order chi connectivity index (χ0) is 14.1. The van der Waals surface area contributed by atoms with Crippen LogP contribution in [0.2, 0.25) is 5.82 Å². The molecule has 0 spiro atoms. The first-order valence-electron chi connectivity index (χ1n) is 6.65. The third-order valence-electron chi connectivity index (χ3n) is 3.74. The fraction of sp³-hybridized carbons (Fsp3) is 0.200. The lowest BCUT2D eigenvalue weighted by atomic mass is 9.69. The first kappa shape index (κ1) is 13.0. The van der Waals surface area contributed by atoms with E-state index < -0.39 is 7.12 Å². The Morgan fingerprint density at radius 3 is 2.80 bits per heavy atom. The maximum absolute atomic E-state index is 9.79. The molecule has 20 heavy (non-hydrogen) atoms. The number of phenolic OH excluding ortho intramolecular Hbond substituents is 1. The van der Waals surface area contributed by atoms with Crippen LogP contribution in [-0.2, 0) is 6.54 Å². The molecule has 4 nitrogen and oxygen atoms in total. The summed E-state index contributed by atoms with van der Waals surface area (Å²) in [7, 11) is -1.30. The molecule has 0 bridgehead atoms. The highest BCUT2D eigenvalue weighted by atomic mass is 16.4. The van der Waals surface area contributed by atoms with Gasteiger partial charge in [-0.3, -0.25) is 0 Å². The Kier molecular flexibility index (Phi) is 3.38. The Bertz CT molecular complexity index is 687. The molecule has 0 amide bonds. The van der Waals surface area contributed by atoms with Crippen molar-refractivity contribution in [2.75, 3.05) is 0 Å². The fourth-order valence-corrected chi connectivity index (χ4v) is 2.56. The van der Waals surface area contributed by atoms with Gasteiger partial charge in [0.25, 0.3) is 0 Å². The van der Waals surface area contributed by atoms with Gasteiger partial charge >= 0.3 is 7.12 Å². The van der Waals surface area contributed by atoms with Crippen LogP contribution in [0.3, 0.4) is 0 Å². The number of aromatic hydroxyl groups is 1. The highest BCUT2D eigenvalue weighted by Crippen LogP contribution is 2.27. The van der Waals surface area contributed by atoms with Crippen LogP contribution in [0.5, 0.6) is 5.75 Å². The van der Waals surface area contributed by atoms with Crippen LogP contribution in [0.4, 0.5) is 0 Å². The van der Waals surface area contributed by atoms with E-state index in [2.05, 4.69) is 4.57 Å². The van der Waals surface area contributed by atoms with E-state index in [-0.39, 0.29) is 11.6 Å². The van der Waals surface area contributed by atoms with E-state index in [1.807, 2.05) is 42.6 Å². The summed E-state index contributed by atoms with van der Waals surface area (Å²) in [5.41, 5.74) is 2.12. The second kappa shape index (κ2) is 5.19. The minimum Gasteiger partial charge on any atom is -0.507 e. The van der Waals surface area contributed by atoms with E-state index in [0.29, 0.717) is 13.0 Å². The third-order valence-corrected chi connectivity index (χ3v) is 3.74. The Hall–Kier alpha value is -1.98. The number of hydrogen-bond acceptors (Lipinski definition) is 3. The number of nitrogens with zero attached hydrogens (tertiary/aromatic N) is 1. The molecule has 2 aromatic rings. The fourth-order valence-electron chi connectivity index (χ4n) is 2.56. The van der Waals surface area contributed by atoms with Crippen molar-refractivity contribution in [1.82, 2.24) is 4.57 Å². The minimum absolute atomic E-state index is 0.218. The molecule has 102 valence electrons. The Labute approximate surface area is 117 Å². The van der Waals surface area contributed by atoms with E-state index in [0.717, 1.165) is 16.5 Å². The van der Waals surface area contributed by atoms with Crippen molar-refractivity contribution in [1.29, 1.82) is 0 Å². The average Bonchev–Trinajstić information content (AvgIpc) is 2.84. The predicted octanol–water partition coefficient (Wildman–Crippen LogP) is 2.08. The van der Waals surface area contributed by atoms with Gasteiger partial charge in [-0.25, -0.2) is 0 Å². The van der Waals surface area contributed by atoms with Crippen LogP contribution in [0.25, 0.3) is 10.9 Å². The first-order valence-corrected chi connectivity index (χ1v) is 6.65. The van der Waals surface area contributed by atoms with E-state index >= 15 is 0 Å². The molecule has 3 rings (SSSR count). The molecule has 0 aliphatic heterocycles. The number of benzene rings is 1. The molecule has 1 aliphatic rings. The number of allylic oxidation sites excluding steroid dienone is 4. The van der Waals surface area contributed by atoms with Crippen molar-refractivity contribution in [2.45, 2.75) is 18.8 Å². The van der Waals surface area contributed by atoms with Crippen LogP contribution in [-0.4, -0.2) is 26.8 Å². The number of fused-ring (bicyclic) bond motifs is 1. The second-order valence-corrected chi connectivity index (χ2v) is 5.10. The summed E-state index contributed by atoms with van der Waals surface area (Å²) < 4.78 is 2.07. The summed E-state index contributed by atoms with van der Waals surface area (Å²) in [6.07, 6.45) is 8.38. The van der Waals surface area contributed by atoms with E-state index in [1.54, 1.807) is 6.07 Å². The molecule has 1 unspecified atom stereocenters. The second-order valence-electron chi connectivity index (χ2n) is 5.10. The molecule has 3 N–H and O–H groups in total. The monoisotopic (exact) mass is 269 g/mol. The van der Waals surface area contributed by atoms with Crippen molar-refractivity contribution < 1.29 is 15.2 Å². The molecule has 0 saturated heterocycles. The van der Waals surface area contributed by atoms with Crippen molar-refractivity contribution in [3.8, 4) is 5.75 Å². The zero-order valence-electron chi connectivity index (χ0n) is 11.0. The Morgan fingerprint density at radius 2 is 2.10 bits per heavy atom. The molecular weight excluding hydrogens is 253 g/mol. The highest BCUT2D eigenvalue weighted by molar-refractivity contribution is 6.44. The quantitative estimate of drug-likeness (QED) is 0.747. The predicted molar refractivity (Wildman–Crippen MR) is 79.4 cm³/mol. The van der Waals surface area contributed by atoms with Gasteiger partial charge in [-0.05, 0) is 30.2 Å². The molecule has 1 atom stereocenters. The zero-order valence-corrected chi connectivity index (χ0v) is 11.0. The molecule has 0 radical (unpaired) electrons. The topological polar surface area (TPSA) is 65.6 Å². The summed E-state index contributed by atoms with van der Waals surface area (Å²) in [5.74, 6) is 0.0714. The van der Waals surface area contributed by atoms with Gasteiger partial charge in [0, 0.05) is 23.9 Å². The van der Waals surface area contributed by atoms with Crippen molar-refractivity contribution in [3.63, 3.8) is 0 Å². The molecule has 1 heterocycles. The Morgan fingerprint density at radius 1 is 1.25 bits per heavy atom. The molecule has 1 aromatic carbocycles. The molecule has 0 saturated carbocycles. The lowest BCUT2D eigenvalue weighted by Crippen LogP contribution is -2.19. The van der Waals surface area contributed by atoms with Crippen molar-refractivity contribution in [2.24, 2.45) is 0 Å². The maximum atomic E-state index is 9.79. The number of aromatic nitrogens is 1. The number of rotatable bonds is 3. The van der Waals surface area contributed by atoms with Gasteiger partial charge in [0.2, 0.25) is 0 Å². The Balaban J connectivity index is 1.82. The number of phenols is 1. The summed E-state index contributed by atoms with van der Waals surface area (Å²) in [6.45, 7) is 0.706. The van der Waals surface area contributed by atoms with Gasteiger partial charge in [-0.1, -0.05) is 24.3 Å². The van der Waals surface area contributed by atoms with Crippen LogP contribution in [0.1, 0.15) is 6.42 Å². The van der Waals surface area contributed by atoms with Crippen molar-refractivity contribution >= 4 is 18.0 Å². The third kappa shape index (κ3) is 2.38. The average molecular weight is 269 g/mol. The van der Waals surface area contributed by atoms with E-state index in [4.69, 9.17) is 10.0 Å². The maximum Gasteiger partial charge on any atom is 0.459 e. The van der Waals surface area contributed by atoms with Gasteiger partial charge in [0.05, 0.1) is 5.52 Å². The normalized spacial score (nSPS) is 18.3. The van der Waals surface area contributed by atoms with Gasteiger partial charge in [-0.2, -0.15) is 0 Å². The van der Waals surface area contributed by atoms with Gasteiger partial charge in [0.1, 0.15) is 5.75 Å². The lowest BCUT2D eigenvalue weighted by Gasteiger charge is -2.16. The van der Waals surface area contributed by atoms with E-state index in [1.165, 1.54) is 0 Å². The summed E-state index contributed by atoms with van der Waals surface area (Å²) in [5, 5.41) is 28.9. The van der Waals surface area contributed by atoms with Crippen LogP contribution >= 0.6 is 0 Å². The molecule has 1 aliphatic carbocycles. The summed E-state index contributed by atoms with van der Waals surface area (Å²) in [4.78, 5) is 0. The van der Waals surface area contributed by atoms with Crippen LogP contribution in [0.15, 0.2) is 54.3 Å². The largest absolute Gasteiger partial charge is 0.507 e. The van der Waals surface area contributed by atoms with Gasteiger partial charge in [-0.15, -0.1) is 0 Å². The summed E-state index contributed by atoms with van der Waals surface area (Å²) in [6, 6.07) is 7.39. The molecule has 0 fully saturated rings. The lowest BCUT2D eigenvalue weighted by molar-refractivity contribution is 0.394. The smallest absolute Gasteiger partial charge is 0.459 e. The standard InChI is InChI=1S/C15H16BNO3/c18-15-3-1-2-14-13(15)8-9-17(14)10-11-4-6-12(7-5-11)16(19)20/h1-6,8-9,12,18-20H,7,10H2. The molecular formula is C15H16BNO3. The SMILES string of the molecule is OB(O)C1C=CC(Cn2ccc3c(O)cccc32)=CC1. The molecule has 1 aromatic heterocycles. The van der Waals surface area contributed by atoms with Crippen LogP contribution < -0.4 is 0 Å². The van der Waals surface area contributed by atoms with Crippen molar-refractivity contribution in [3.05, 3.63) is 54.3 Å². The van der Waals surface area contributed by atoms with Gasteiger partial charge in [0.15, 0.2) is 0 Å². The van der Waals surface area contributed by atoms with Gasteiger partial charge < -0.3 is 19.7 Å². The van der Waals surface area contributed by atoms with Crippen LogP contribution in [0, 0.1) is 0 Å². The minimum atomic E-state index is -1.30. The number of hydrogen-bond donors (Lipinski definition) is 3. The first-order chi connectivity index (χ1) is 9.65. The highest BCUT2D eigenvalue weighted by Gasteiger charge is 2.21.